The summed E-state index contributed by atoms with van der Waals surface area (Å²) in [4.78, 5) is 4.59. The number of benzene rings is 2. The van der Waals surface area contributed by atoms with Crippen LogP contribution in [-0.2, 0) is 13.0 Å². The summed E-state index contributed by atoms with van der Waals surface area (Å²) in [6, 6.07) is 19.5. The van der Waals surface area contributed by atoms with Crippen molar-refractivity contribution in [2.24, 2.45) is 0 Å². The molecule has 0 N–H and O–H groups in total. The van der Waals surface area contributed by atoms with Crippen LogP contribution in [0.25, 0.3) is 21.8 Å². The van der Waals surface area contributed by atoms with E-state index in [0.717, 1.165) is 43.9 Å². The Bertz CT molecular complexity index is 1140. The molecule has 0 aliphatic rings. The molecule has 0 unspecified atom stereocenters. The molecule has 33 heavy (non-hydrogen) atoms. The molecule has 4 heteroatoms. The number of unbranched alkanes of at least 4 members (excludes halogenated alkanes) is 5. The molecule has 0 aliphatic heterocycles. The van der Waals surface area contributed by atoms with Crippen molar-refractivity contribution in [2.75, 3.05) is 6.61 Å². The standard InChI is InChI=1S/C29H36N2O.ClH/c1-3-4-5-6-7-11-21-32-25-16-17-26-27-18-19-30-23(2)29(27)31(28(26)22-25)20-12-15-24-13-9-8-10-14-24;/h8-10,13-14,16-19,22H,3-7,11-12,15,20-21H2,1-2H3;1H. The Labute approximate surface area is 204 Å². The second-order valence-electron chi connectivity index (χ2n) is 8.83. The van der Waals surface area contributed by atoms with E-state index in [4.69, 9.17) is 4.74 Å². The Kier molecular flexibility index (Phi) is 9.62. The lowest BCUT2D eigenvalue weighted by Crippen LogP contribution is -2.02. The highest BCUT2D eigenvalue weighted by Gasteiger charge is 2.14. The van der Waals surface area contributed by atoms with Crippen LogP contribution in [0.3, 0.4) is 0 Å². The van der Waals surface area contributed by atoms with Crippen molar-refractivity contribution in [1.82, 2.24) is 9.55 Å². The summed E-state index contributed by atoms with van der Waals surface area (Å²) in [6.07, 6.45) is 11.8. The SMILES string of the molecule is CCCCCCCCOc1ccc2c3ccnc(C)c3n(CCCc3ccccc3)c2c1.Cl. The number of pyridine rings is 1. The lowest BCUT2D eigenvalue weighted by Gasteiger charge is -2.10. The number of hydrogen-bond donors (Lipinski definition) is 0. The van der Waals surface area contributed by atoms with Gasteiger partial charge in [0.1, 0.15) is 5.75 Å². The molecule has 0 fully saturated rings. The molecular weight excluding hydrogens is 428 g/mol. The molecule has 3 nitrogen and oxygen atoms in total. The van der Waals surface area contributed by atoms with Crippen LogP contribution >= 0.6 is 12.4 Å². The topological polar surface area (TPSA) is 27.1 Å². The number of aromatic nitrogens is 2. The van der Waals surface area contributed by atoms with Crippen LogP contribution in [0.5, 0.6) is 5.75 Å². The third-order valence-electron chi connectivity index (χ3n) is 6.38. The summed E-state index contributed by atoms with van der Waals surface area (Å²) in [7, 11) is 0. The second-order valence-corrected chi connectivity index (χ2v) is 8.83. The van der Waals surface area contributed by atoms with Crippen LogP contribution in [0.1, 0.15) is 63.1 Å². The zero-order valence-corrected chi connectivity index (χ0v) is 20.9. The van der Waals surface area contributed by atoms with Crippen molar-refractivity contribution >= 4 is 34.2 Å². The molecule has 4 aromatic rings. The predicted octanol–water partition coefficient (Wildman–Crippen LogP) is 8.29. The third-order valence-corrected chi connectivity index (χ3v) is 6.38. The molecule has 0 aliphatic carbocycles. The van der Waals surface area contributed by atoms with E-state index in [1.54, 1.807) is 0 Å². The molecule has 0 saturated heterocycles. The minimum atomic E-state index is 0. The maximum Gasteiger partial charge on any atom is 0.121 e. The highest BCUT2D eigenvalue weighted by atomic mass is 35.5. The van der Waals surface area contributed by atoms with Crippen LogP contribution < -0.4 is 4.74 Å². The van der Waals surface area contributed by atoms with Crippen LogP contribution in [0.4, 0.5) is 0 Å². The monoisotopic (exact) mass is 464 g/mol. The summed E-state index contributed by atoms with van der Waals surface area (Å²) in [5.41, 5.74) is 4.99. The van der Waals surface area contributed by atoms with Crippen molar-refractivity contribution in [3.63, 3.8) is 0 Å². The maximum absolute atomic E-state index is 6.15. The Morgan fingerprint density at radius 2 is 1.64 bits per heavy atom. The number of hydrogen-bond acceptors (Lipinski definition) is 2. The molecule has 0 atom stereocenters. The summed E-state index contributed by atoms with van der Waals surface area (Å²) in [5, 5.41) is 2.58. The van der Waals surface area contributed by atoms with Crippen molar-refractivity contribution in [3.8, 4) is 5.75 Å². The highest BCUT2D eigenvalue weighted by molar-refractivity contribution is 6.09. The van der Waals surface area contributed by atoms with E-state index in [1.807, 2.05) is 6.20 Å². The lowest BCUT2D eigenvalue weighted by molar-refractivity contribution is 0.304. The fourth-order valence-corrected chi connectivity index (χ4v) is 4.68. The van der Waals surface area contributed by atoms with E-state index in [0.29, 0.717) is 0 Å². The van der Waals surface area contributed by atoms with Crippen LogP contribution in [-0.4, -0.2) is 16.2 Å². The van der Waals surface area contributed by atoms with E-state index in [1.165, 1.54) is 59.5 Å². The van der Waals surface area contributed by atoms with E-state index < -0.39 is 0 Å². The van der Waals surface area contributed by atoms with Gasteiger partial charge in [-0.2, -0.15) is 0 Å². The molecule has 0 amide bonds. The van der Waals surface area contributed by atoms with E-state index >= 15 is 0 Å². The summed E-state index contributed by atoms with van der Waals surface area (Å²) in [5.74, 6) is 0.976. The molecule has 2 aromatic carbocycles. The zero-order valence-electron chi connectivity index (χ0n) is 20.1. The van der Waals surface area contributed by atoms with Crippen molar-refractivity contribution in [3.05, 3.63) is 72.1 Å². The van der Waals surface area contributed by atoms with Crippen molar-refractivity contribution in [1.29, 1.82) is 0 Å². The normalized spacial score (nSPS) is 11.1. The summed E-state index contributed by atoms with van der Waals surface area (Å²) >= 11 is 0. The first-order valence-electron chi connectivity index (χ1n) is 12.3. The molecule has 0 radical (unpaired) electrons. The smallest absolute Gasteiger partial charge is 0.121 e. The second kappa shape index (κ2) is 12.6. The van der Waals surface area contributed by atoms with Gasteiger partial charge in [0.2, 0.25) is 0 Å². The van der Waals surface area contributed by atoms with Gasteiger partial charge in [-0.15, -0.1) is 12.4 Å². The van der Waals surface area contributed by atoms with Gasteiger partial charge >= 0.3 is 0 Å². The van der Waals surface area contributed by atoms with Crippen molar-refractivity contribution < 1.29 is 4.74 Å². The van der Waals surface area contributed by atoms with Crippen LogP contribution in [0, 0.1) is 6.92 Å². The number of aryl methyl sites for hydroxylation is 3. The lowest BCUT2D eigenvalue weighted by atomic mass is 10.1. The number of ether oxygens (including phenoxy) is 1. The zero-order chi connectivity index (χ0) is 22.2. The van der Waals surface area contributed by atoms with Crippen LogP contribution in [0.2, 0.25) is 0 Å². The first kappa shape index (κ1) is 25.1. The van der Waals surface area contributed by atoms with E-state index in [2.05, 4.69) is 78.0 Å². The van der Waals surface area contributed by atoms with Gasteiger partial charge < -0.3 is 9.30 Å². The number of fused-ring (bicyclic) bond motifs is 3. The minimum absolute atomic E-state index is 0. The molecule has 4 rings (SSSR count). The molecule has 2 aromatic heterocycles. The maximum atomic E-state index is 6.15. The molecule has 0 spiro atoms. The summed E-state index contributed by atoms with van der Waals surface area (Å²) < 4.78 is 8.60. The molecule has 176 valence electrons. The van der Waals surface area contributed by atoms with Gasteiger partial charge in [-0.1, -0.05) is 69.4 Å². The quantitative estimate of drug-likeness (QED) is 0.197. The molecular formula is C29H37ClN2O. The molecule has 2 heterocycles. The van der Waals surface area contributed by atoms with Gasteiger partial charge in [-0.05, 0) is 49.9 Å². The Balaban J connectivity index is 0.00000306. The Morgan fingerprint density at radius 1 is 0.848 bits per heavy atom. The minimum Gasteiger partial charge on any atom is -0.494 e. The Morgan fingerprint density at radius 3 is 2.45 bits per heavy atom. The number of nitrogens with zero attached hydrogens (tertiary/aromatic N) is 2. The average Bonchev–Trinajstić information content (AvgIpc) is 3.13. The van der Waals surface area contributed by atoms with E-state index in [9.17, 15) is 0 Å². The summed E-state index contributed by atoms with van der Waals surface area (Å²) in [6.45, 7) is 6.15. The van der Waals surface area contributed by atoms with Gasteiger partial charge in [0.15, 0.2) is 0 Å². The predicted molar refractivity (Wildman–Crippen MR) is 143 cm³/mol. The molecule has 0 bridgehead atoms. The Hall–Kier alpha value is -2.52. The largest absolute Gasteiger partial charge is 0.494 e. The van der Waals surface area contributed by atoms with Crippen LogP contribution in [0.15, 0.2) is 60.8 Å². The first-order valence-corrected chi connectivity index (χ1v) is 12.3. The highest BCUT2D eigenvalue weighted by Crippen LogP contribution is 2.33. The molecule has 0 saturated carbocycles. The number of rotatable bonds is 12. The fraction of sp³-hybridized carbons (Fsp3) is 0.414. The average molecular weight is 465 g/mol. The van der Waals surface area contributed by atoms with Gasteiger partial charge in [-0.3, -0.25) is 4.98 Å². The van der Waals surface area contributed by atoms with Gasteiger partial charge in [-0.25, -0.2) is 0 Å². The van der Waals surface area contributed by atoms with Gasteiger partial charge in [0.05, 0.1) is 23.3 Å². The fourth-order valence-electron chi connectivity index (χ4n) is 4.68. The third kappa shape index (κ3) is 6.29. The van der Waals surface area contributed by atoms with Crippen molar-refractivity contribution in [2.45, 2.75) is 71.8 Å². The number of halogens is 1. The first-order chi connectivity index (χ1) is 15.8. The van der Waals surface area contributed by atoms with Gasteiger partial charge in [0, 0.05) is 29.6 Å². The van der Waals surface area contributed by atoms with E-state index in [-0.39, 0.29) is 12.4 Å². The van der Waals surface area contributed by atoms with Gasteiger partial charge in [0.25, 0.3) is 0 Å².